The van der Waals surface area contributed by atoms with Gasteiger partial charge >= 0.3 is 0 Å². The van der Waals surface area contributed by atoms with E-state index in [4.69, 9.17) is 9.47 Å². The van der Waals surface area contributed by atoms with Crippen LogP contribution in [0.2, 0.25) is 0 Å². The summed E-state index contributed by atoms with van der Waals surface area (Å²) in [5.74, 6) is 1.97. The SMILES string of the molecule is CCOc1ccc(S(=O)(=O)Nc2ccc(Nc3cc(C)nc(N4CCOCC4)n3)cc2)cc1. The number of aryl methyl sites for hydroxylation is 1. The zero-order valence-electron chi connectivity index (χ0n) is 18.6. The molecule has 174 valence electrons. The third-order valence-electron chi connectivity index (χ3n) is 4.99. The molecular formula is C23H27N5O4S. The van der Waals surface area contributed by atoms with Gasteiger partial charge in [0, 0.05) is 36.2 Å². The van der Waals surface area contributed by atoms with E-state index in [1.807, 2.05) is 19.9 Å². The summed E-state index contributed by atoms with van der Waals surface area (Å²) in [7, 11) is -3.70. The van der Waals surface area contributed by atoms with E-state index in [2.05, 4.69) is 24.9 Å². The molecule has 1 saturated heterocycles. The number of nitrogens with zero attached hydrogens (tertiary/aromatic N) is 3. The van der Waals surface area contributed by atoms with Gasteiger partial charge in [-0.2, -0.15) is 4.98 Å². The standard InChI is InChI=1S/C23H27N5O4S/c1-3-32-20-8-10-21(11-9-20)33(29,30)27-19-6-4-18(5-7-19)25-22-16-17(2)24-23(26-22)28-12-14-31-15-13-28/h4-11,16,27H,3,12-15H2,1-2H3,(H,24,25,26). The summed E-state index contributed by atoms with van der Waals surface area (Å²) in [6.45, 7) is 7.16. The molecule has 0 unspecified atom stereocenters. The lowest BCUT2D eigenvalue weighted by molar-refractivity contribution is 0.122. The summed E-state index contributed by atoms with van der Waals surface area (Å²) in [6, 6.07) is 15.2. The highest BCUT2D eigenvalue weighted by molar-refractivity contribution is 7.92. The molecule has 2 heterocycles. The van der Waals surface area contributed by atoms with Crippen molar-refractivity contribution >= 4 is 33.2 Å². The molecule has 0 amide bonds. The van der Waals surface area contributed by atoms with Crippen molar-refractivity contribution in [3.8, 4) is 5.75 Å². The van der Waals surface area contributed by atoms with Crippen LogP contribution in [-0.4, -0.2) is 51.3 Å². The molecule has 10 heteroatoms. The number of hydrogen-bond donors (Lipinski definition) is 2. The summed E-state index contributed by atoms with van der Waals surface area (Å²) >= 11 is 0. The van der Waals surface area contributed by atoms with Crippen LogP contribution < -0.4 is 19.7 Å². The second-order valence-electron chi connectivity index (χ2n) is 7.51. The largest absolute Gasteiger partial charge is 0.494 e. The predicted molar refractivity (Wildman–Crippen MR) is 128 cm³/mol. The number of anilines is 4. The molecule has 2 aromatic carbocycles. The van der Waals surface area contributed by atoms with Crippen LogP contribution in [0.4, 0.5) is 23.1 Å². The summed E-state index contributed by atoms with van der Waals surface area (Å²) in [4.78, 5) is 11.4. The number of aromatic nitrogens is 2. The Kier molecular flexibility index (Phi) is 6.95. The first-order chi connectivity index (χ1) is 15.9. The molecule has 0 radical (unpaired) electrons. The Hall–Kier alpha value is -3.37. The summed E-state index contributed by atoms with van der Waals surface area (Å²) in [5.41, 5.74) is 2.10. The van der Waals surface area contributed by atoms with Gasteiger partial charge in [-0.25, -0.2) is 13.4 Å². The molecule has 0 atom stereocenters. The fourth-order valence-corrected chi connectivity index (χ4v) is 4.45. The molecule has 2 N–H and O–H groups in total. The Balaban J connectivity index is 1.43. The minimum Gasteiger partial charge on any atom is -0.494 e. The summed E-state index contributed by atoms with van der Waals surface area (Å²) in [6.07, 6.45) is 0. The molecule has 9 nitrogen and oxygen atoms in total. The van der Waals surface area contributed by atoms with E-state index in [9.17, 15) is 8.42 Å². The van der Waals surface area contributed by atoms with Crippen molar-refractivity contribution in [2.75, 3.05) is 47.8 Å². The average Bonchev–Trinajstić information content (AvgIpc) is 2.81. The van der Waals surface area contributed by atoms with Gasteiger partial charge < -0.3 is 19.7 Å². The van der Waals surface area contributed by atoms with E-state index in [0.717, 1.165) is 24.5 Å². The van der Waals surface area contributed by atoms with Gasteiger partial charge in [0.1, 0.15) is 11.6 Å². The molecule has 0 saturated carbocycles. The van der Waals surface area contributed by atoms with Crippen LogP contribution in [0.5, 0.6) is 5.75 Å². The maximum atomic E-state index is 12.7. The Morgan fingerprint density at radius 3 is 2.33 bits per heavy atom. The van der Waals surface area contributed by atoms with Crippen LogP contribution in [0.25, 0.3) is 0 Å². The lowest BCUT2D eigenvalue weighted by Crippen LogP contribution is -2.37. The van der Waals surface area contributed by atoms with Crippen molar-refractivity contribution in [1.82, 2.24) is 9.97 Å². The molecule has 0 spiro atoms. The Morgan fingerprint density at radius 2 is 1.67 bits per heavy atom. The second kappa shape index (κ2) is 10.1. The first-order valence-electron chi connectivity index (χ1n) is 10.7. The lowest BCUT2D eigenvalue weighted by atomic mass is 10.3. The van der Waals surface area contributed by atoms with E-state index in [0.29, 0.717) is 43.0 Å². The second-order valence-corrected chi connectivity index (χ2v) is 9.19. The number of hydrogen-bond acceptors (Lipinski definition) is 8. The number of morpholine rings is 1. The molecule has 1 fully saturated rings. The lowest BCUT2D eigenvalue weighted by Gasteiger charge is -2.27. The van der Waals surface area contributed by atoms with Crippen molar-refractivity contribution in [3.05, 3.63) is 60.3 Å². The molecule has 1 aliphatic rings. The summed E-state index contributed by atoms with van der Waals surface area (Å²) < 4.78 is 38.7. The first kappa shape index (κ1) is 22.8. The number of sulfonamides is 1. The highest BCUT2D eigenvalue weighted by atomic mass is 32.2. The van der Waals surface area contributed by atoms with E-state index >= 15 is 0 Å². The number of rotatable bonds is 8. The average molecular weight is 470 g/mol. The molecule has 3 aromatic rings. The first-order valence-corrected chi connectivity index (χ1v) is 12.2. The van der Waals surface area contributed by atoms with Gasteiger partial charge in [-0.05, 0) is 62.4 Å². The fourth-order valence-electron chi connectivity index (χ4n) is 3.39. The molecule has 33 heavy (non-hydrogen) atoms. The highest BCUT2D eigenvalue weighted by Gasteiger charge is 2.16. The smallest absolute Gasteiger partial charge is 0.261 e. The van der Waals surface area contributed by atoms with Crippen LogP contribution in [-0.2, 0) is 14.8 Å². The van der Waals surface area contributed by atoms with E-state index in [1.165, 1.54) is 12.1 Å². The minimum atomic E-state index is -3.70. The van der Waals surface area contributed by atoms with E-state index in [-0.39, 0.29) is 4.90 Å². The molecule has 1 aromatic heterocycles. The van der Waals surface area contributed by atoms with Gasteiger partial charge in [-0.15, -0.1) is 0 Å². The van der Waals surface area contributed by atoms with Gasteiger partial charge in [-0.1, -0.05) is 0 Å². The topological polar surface area (TPSA) is 106 Å². The van der Waals surface area contributed by atoms with Gasteiger partial charge in [0.25, 0.3) is 10.0 Å². The molecule has 0 bridgehead atoms. The van der Waals surface area contributed by atoms with E-state index < -0.39 is 10.0 Å². The maximum absolute atomic E-state index is 12.7. The third-order valence-corrected chi connectivity index (χ3v) is 6.39. The maximum Gasteiger partial charge on any atom is 0.261 e. The molecule has 4 rings (SSSR count). The van der Waals surface area contributed by atoms with Gasteiger partial charge in [0.05, 0.1) is 24.7 Å². The molecule has 0 aliphatic carbocycles. The normalized spacial score (nSPS) is 14.1. The van der Waals surface area contributed by atoms with Gasteiger partial charge in [-0.3, -0.25) is 4.72 Å². The molecule has 1 aliphatic heterocycles. The predicted octanol–water partition coefficient (Wildman–Crippen LogP) is 3.56. The van der Waals surface area contributed by atoms with Crippen molar-refractivity contribution in [2.45, 2.75) is 18.7 Å². The number of ether oxygens (including phenoxy) is 2. The highest BCUT2D eigenvalue weighted by Crippen LogP contribution is 2.23. The molecular weight excluding hydrogens is 442 g/mol. The van der Waals surface area contributed by atoms with Gasteiger partial charge in [0.15, 0.2) is 0 Å². The third kappa shape index (κ3) is 5.91. The van der Waals surface area contributed by atoms with Gasteiger partial charge in [0.2, 0.25) is 5.95 Å². The fraction of sp³-hybridized carbons (Fsp3) is 0.304. The van der Waals surface area contributed by atoms with Crippen LogP contribution in [0.15, 0.2) is 59.5 Å². The van der Waals surface area contributed by atoms with Crippen LogP contribution >= 0.6 is 0 Å². The summed E-state index contributed by atoms with van der Waals surface area (Å²) in [5, 5.41) is 3.26. The monoisotopic (exact) mass is 469 g/mol. The Labute approximate surface area is 193 Å². The zero-order valence-corrected chi connectivity index (χ0v) is 19.4. The van der Waals surface area contributed by atoms with E-state index in [1.54, 1.807) is 36.4 Å². The van der Waals surface area contributed by atoms with Crippen LogP contribution in [0.1, 0.15) is 12.6 Å². The number of nitrogens with one attached hydrogen (secondary N) is 2. The van der Waals surface area contributed by atoms with Crippen molar-refractivity contribution < 1.29 is 17.9 Å². The van der Waals surface area contributed by atoms with Crippen molar-refractivity contribution in [3.63, 3.8) is 0 Å². The Morgan fingerprint density at radius 1 is 1.00 bits per heavy atom. The van der Waals surface area contributed by atoms with Crippen LogP contribution in [0.3, 0.4) is 0 Å². The van der Waals surface area contributed by atoms with Crippen molar-refractivity contribution in [1.29, 1.82) is 0 Å². The quantitative estimate of drug-likeness (QED) is 0.516. The number of benzene rings is 2. The zero-order chi connectivity index (χ0) is 23.3. The Bertz CT molecular complexity index is 1180. The van der Waals surface area contributed by atoms with Crippen LogP contribution in [0, 0.1) is 6.92 Å². The minimum absolute atomic E-state index is 0.167. The van der Waals surface area contributed by atoms with Crippen molar-refractivity contribution in [2.24, 2.45) is 0 Å².